The summed E-state index contributed by atoms with van der Waals surface area (Å²) < 4.78 is 0. The number of hydrogen-bond donors (Lipinski definition) is 2. The van der Waals surface area contributed by atoms with Crippen LogP contribution in [-0.2, 0) is 11.2 Å². The average Bonchev–Trinajstić information content (AvgIpc) is 3.01. The fourth-order valence-electron chi connectivity index (χ4n) is 5.54. The molecule has 4 nitrogen and oxygen atoms in total. The second-order valence-electron chi connectivity index (χ2n) is 11.0. The van der Waals surface area contributed by atoms with E-state index in [4.69, 9.17) is 0 Å². The van der Waals surface area contributed by atoms with Crippen molar-refractivity contribution < 1.29 is 10.2 Å². The lowest BCUT2D eigenvalue weighted by atomic mass is 9.82. The van der Waals surface area contributed by atoms with Gasteiger partial charge in [-0.2, -0.15) is 0 Å². The van der Waals surface area contributed by atoms with E-state index in [9.17, 15) is 10.2 Å². The molecule has 0 aliphatic carbocycles. The van der Waals surface area contributed by atoms with E-state index in [0.29, 0.717) is 12.8 Å². The van der Waals surface area contributed by atoms with Crippen LogP contribution in [0.3, 0.4) is 0 Å². The summed E-state index contributed by atoms with van der Waals surface area (Å²) in [5.41, 5.74) is 1.77. The summed E-state index contributed by atoms with van der Waals surface area (Å²) in [5, 5.41) is 23.5. The van der Waals surface area contributed by atoms with Crippen molar-refractivity contribution >= 4 is 0 Å². The van der Waals surface area contributed by atoms with E-state index in [0.717, 1.165) is 61.3 Å². The molecular weight excluding hydrogens is 492 g/mol. The Morgan fingerprint density at radius 3 is 0.925 bits per heavy atom. The van der Waals surface area contributed by atoms with E-state index in [1.54, 1.807) is 0 Å². The maximum Gasteiger partial charge on any atom is 0.115 e. The van der Waals surface area contributed by atoms with Crippen molar-refractivity contribution in [3.05, 3.63) is 144 Å². The Kier molecular flexibility index (Phi) is 10.7. The van der Waals surface area contributed by atoms with Gasteiger partial charge in [0.1, 0.15) is 11.2 Å². The molecule has 2 N–H and O–H groups in total. The zero-order valence-electron chi connectivity index (χ0n) is 24.0. The third kappa shape index (κ3) is 7.67. The predicted octanol–water partition coefficient (Wildman–Crippen LogP) is 6.28. The monoisotopic (exact) mass is 536 g/mol. The minimum absolute atomic E-state index is 0.665. The first kappa shape index (κ1) is 29.7. The normalized spacial score (nSPS) is 12.2. The molecule has 4 aromatic carbocycles. The van der Waals surface area contributed by atoms with E-state index < -0.39 is 11.2 Å². The second kappa shape index (κ2) is 14.4. The van der Waals surface area contributed by atoms with Crippen LogP contribution < -0.4 is 0 Å². The number of rotatable bonds is 15. The van der Waals surface area contributed by atoms with Crippen molar-refractivity contribution in [1.29, 1.82) is 0 Å². The average molecular weight is 537 g/mol. The molecule has 4 heteroatoms. The highest BCUT2D eigenvalue weighted by Gasteiger charge is 2.32. The van der Waals surface area contributed by atoms with E-state index in [2.05, 4.69) is 23.9 Å². The van der Waals surface area contributed by atoms with E-state index in [-0.39, 0.29) is 0 Å². The first-order chi connectivity index (χ1) is 19.4. The molecule has 0 radical (unpaired) electrons. The lowest BCUT2D eigenvalue weighted by Gasteiger charge is -2.31. The topological polar surface area (TPSA) is 46.9 Å². The molecule has 0 bridgehead atoms. The molecule has 0 saturated heterocycles. The van der Waals surface area contributed by atoms with Crippen LogP contribution in [0.25, 0.3) is 0 Å². The van der Waals surface area contributed by atoms with Gasteiger partial charge in [-0.1, -0.05) is 121 Å². The molecule has 0 amide bonds. The molecule has 4 aromatic rings. The summed E-state index contributed by atoms with van der Waals surface area (Å²) in [4.78, 5) is 4.69. The maximum atomic E-state index is 11.8. The summed E-state index contributed by atoms with van der Waals surface area (Å²) >= 11 is 0. The van der Waals surface area contributed by atoms with Gasteiger partial charge in [-0.3, -0.25) is 0 Å². The standard InChI is InChI=1S/C36H44N2O2/c1-37(27-15-25-35(39,31-17-7-3-8-18-31)32-19-9-4-10-20-32)29-30-38(2)28-16-26-36(40,33-21-11-5-12-22-33)34-23-13-6-14-24-34/h3-14,17-24,39-40H,15-16,25-30H2,1-2H3. The lowest BCUT2D eigenvalue weighted by molar-refractivity contribution is 0.0635. The van der Waals surface area contributed by atoms with Crippen molar-refractivity contribution in [2.24, 2.45) is 0 Å². The fourth-order valence-corrected chi connectivity index (χ4v) is 5.54. The Bertz CT molecular complexity index is 1070. The number of aliphatic hydroxyl groups is 2. The molecular formula is C36H44N2O2. The summed E-state index contributed by atoms with van der Waals surface area (Å²) in [7, 11) is 4.31. The largest absolute Gasteiger partial charge is 0.380 e. The quantitative estimate of drug-likeness (QED) is 0.188. The van der Waals surface area contributed by atoms with Crippen molar-refractivity contribution in [1.82, 2.24) is 9.80 Å². The first-order valence-corrected chi connectivity index (χ1v) is 14.5. The van der Waals surface area contributed by atoms with Gasteiger partial charge in [-0.25, -0.2) is 0 Å². The summed E-state index contributed by atoms with van der Waals surface area (Å²) in [6.07, 6.45) is 3.11. The van der Waals surface area contributed by atoms with E-state index in [1.165, 1.54) is 0 Å². The van der Waals surface area contributed by atoms with Crippen LogP contribution in [0.4, 0.5) is 0 Å². The lowest BCUT2D eigenvalue weighted by Crippen LogP contribution is -2.34. The van der Waals surface area contributed by atoms with Gasteiger partial charge in [0.15, 0.2) is 0 Å². The first-order valence-electron chi connectivity index (χ1n) is 14.5. The van der Waals surface area contributed by atoms with Crippen LogP contribution in [0.5, 0.6) is 0 Å². The van der Waals surface area contributed by atoms with Crippen molar-refractivity contribution in [2.45, 2.75) is 36.9 Å². The summed E-state index contributed by atoms with van der Waals surface area (Å²) in [6, 6.07) is 40.0. The third-order valence-electron chi connectivity index (χ3n) is 8.03. The number of benzene rings is 4. The van der Waals surface area contributed by atoms with Crippen molar-refractivity contribution in [3.8, 4) is 0 Å². The molecule has 0 aromatic heterocycles. The highest BCUT2D eigenvalue weighted by Crippen LogP contribution is 2.35. The van der Waals surface area contributed by atoms with Crippen LogP contribution in [-0.4, -0.2) is 60.3 Å². The molecule has 4 rings (SSSR count). The van der Waals surface area contributed by atoms with Crippen LogP contribution in [0.1, 0.15) is 47.9 Å². The summed E-state index contributed by atoms with van der Waals surface area (Å²) in [5.74, 6) is 0. The van der Waals surface area contributed by atoms with Crippen molar-refractivity contribution in [2.75, 3.05) is 40.3 Å². The van der Waals surface area contributed by atoms with Crippen LogP contribution in [0.2, 0.25) is 0 Å². The molecule has 0 saturated carbocycles. The van der Waals surface area contributed by atoms with Gasteiger partial charge in [0.2, 0.25) is 0 Å². The van der Waals surface area contributed by atoms with E-state index >= 15 is 0 Å². The minimum atomic E-state index is -0.992. The third-order valence-corrected chi connectivity index (χ3v) is 8.03. The molecule has 0 heterocycles. The predicted molar refractivity (Wildman–Crippen MR) is 165 cm³/mol. The Morgan fingerprint density at radius 2 is 0.675 bits per heavy atom. The van der Waals surface area contributed by atoms with Gasteiger partial charge in [0.25, 0.3) is 0 Å². The van der Waals surface area contributed by atoms with Crippen LogP contribution in [0, 0.1) is 0 Å². The second-order valence-corrected chi connectivity index (χ2v) is 11.0. The molecule has 0 unspecified atom stereocenters. The molecule has 0 fully saturated rings. The Morgan fingerprint density at radius 1 is 0.425 bits per heavy atom. The zero-order chi connectivity index (χ0) is 28.3. The number of likely N-dealkylation sites (N-methyl/N-ethyl adjacent to an activating group) is 2. The Labute approximate surface area is 240 Å². The van der Waals surface area contributed by atoms with Gasteiger partial charge in [0, 0.05) is 13.1 Å². The Balaban J connectivity index is 1.25. The van der Waals surface area contributed by atoms with Gasteiger partial charge in [0.05, 0.1) is 0 Å². The van der Waals surface area contributed by atoms with Crippen LogP contribution >= 0.6 is 0 Å². The Hall–Kier alpha value is -3.28. The number of nitrogens with zero attached hydrogens (tertiary/aromatic N) is 2. The van der Waals surface area contributed by atoms with Crippen LogP contribution in [0.15, 0.2) is 121 Å². The summed E-state index contributed by atoms with van der Waals surface area (Å²) in [6.45, 7) is 3.73. The molecule has 40 heavy (non-hydrogen) atoms. The highest BCUT2D eigenvalue weighted by molar-refractivity contribution is 5.37. The molecule has 0 atom stereocenters. The molecule has 210 valence electrons. The molecule has 0 aliphatic rings. The highest BCUT2D eigenvalue weighted by atomic mass is 16.3. The van der Waals surface area contributed by atoms with E-state index in [1.807, 2.05) is 121 Å². The molecule has 0 aliphatic heterocycles. The van der Waals surface area contributed by atoms with Crippen molar-refractivity contribution in [3.63, 3.8) is 0 Å². The minimum Gasteiger partial charge on any atom is -0.380 e. The smallest absolute Gasteiger partial charge is 0.115 e. The van der Waals surface area contributed by atoms with Gasteiger partial charge in [-0.05, 0) is 75.1 Å². The fraction of sp³-hybridized carbons (Fsp3) is 0.333. The van der Waals surface area contributed by atoms with Gasteiger partial charge >= 0.3 is 0 Å². The molecule has 0 spiro atoms. The number of hydrogen-bond acceptors (Lipinski definition) is 4. The zero-order valence-corrected chi connectivity index (χ0v) is 24.0. The maximum absolute atomic E-state index is 11.8. The van der Waals surface area contributed by atoms with Gasteiger partial charge < -0.3 is 20.0 Å². The van der Waals surface area contributed by atoms with Gasteiger partial charge in [-0.15, -0.1) is 0 Å². The SMILES string of the molecule is CN(CCCC(O)(c1ccccc1)c1ccccc1)CCN(C)CCCC(O)(c1ccccc1)c1ccccc1.